The van der Waals surface area contributed by atoms with Crippen molar-refractivity contribution in [2.75, 3.05) is 7.11 Å². The third kappa shape index (κ3) is 2.04. The lowest BCUT2D eigenvalue weighted by Gasteiger charge is -2.32. The molecule has 18 heavy (non-hydrogen) atoms. The SMILES string of the molecule is COc1c(C)cccc1B1OC(C)(C)C(C)(C)O1. The molecule has 0 radical (unpaired) electrons. The van der Waals surface area contributed by atoms with Crippen LogP contribution in [0.1, 0.15) is 33.3 Å². The van der Waals surface area contributed by atoms with Gasteiger partial charge in [0.2, 0.25) is 0 Å². The number of para-hydroxylation sites is 1. The van der Waals surface area contributed by atoms with E-state index in [1.54, 1.807) is 7.11 Å². The van der Waals surface area contributed by atoms with Crippen LogP contribution in [-0.2, 0) is 9.31 Å². The van der Waals surface area contributed by atoms with Crippen LogP contribution in [0.4, 0.5) is 0 Å². The van der Waals surface area contributed by atoms with Gasteiger partial charge in [-0.05, 0) is 40.2 Å². The molecule has 1 fully saturated rings. The second-order valence-electron chi connectivity index (χ2n) is 5.79. The molecule has 1 aromatic rings. The van der Waals surface area contributed by atoms with Gasteiger partial charge in [-0.1, -0.05) is 18.2 Å². The standard InChI is InChI=1S/C14H21BO3/c1-10-8-7-9-11(12(10)16-6)15-17-13(2,3)14(4,5)18-15/h7-9H,1-6H3. The molecule has 0 N–H and O–H groups in total. The minimum atomic E-state index is -0.371. The molecule has 0 aliphatic carbocycles. The van der Waals surface area contributed by atoms with Gasteiger partial charge < -0.3 is 14.0 Å². The molecule has 1 aliphatic heterocycles. The van der Waals surface area contributed by atoms with Crippen LogP contribution in [0.25, 0.3) is 0 Å². The quantitative estimate of drug-likeness (QED) is 0.751. The molecule has 1 aromatic carbocycles. The summed E-state index contributed by atoms with van der Waals surface area (Å²) in [6.45, 7) is 10.2. The molecular weight excluding hydrogens is 227 g/mol. The highest BCUT2D eigenvalue weighted by Gasteiger charge is 2.52. The smallest absolute Gasteiger partial charge is 0.497 e. The van der Waals surface area contributed by atoms with Gasteiger partial charge in [0.1, 0.15) is 5.75 Å². The Bertz CT molecular complexity index is 438. The summed E-state index contributed by atoms with van der Waals surface area (Å²) in [6, 6.07) is 6.01. The fourth-order valence-corrected chi connectivity index (χ4v) is 2.11. The zero-order valence-electron chi connectivity index (χ0n) is 12.0. The van der Waals surface area contributed by atoms with Crippen LogP contribution >= 0.6 is 0 Å². The highest BCUT2D eigenvalue weighted by atomic mass is 16.7. The number of methoxy groups -OCH3 is 1. The number of hydrogen-bond donors (Lipinski definition) is 0. The number of benzene rings is 1. The summed E-state index contributed by atoms with van der Waals surface area (Å²) in [5.41, 5.74) is 1.39. The van der Waals surface area contributed by atoms with Crippen molar-refractivity contribution in [3.8, 4) is 5.75 Å². The first kappa shape index (κ1) is 13.4. The molecule has 1 aliphatic rings. The van der Waals surface area contributed by atoms with Crippen LogP contribution in [0.3, 0.4) is 0 Å². The van der Waals surface area contributed by atoms with Crippen LogP contribution in [-0.4, -0.2) is 25.4 Å². The van der Waals surface area contributed by atoms with Crippen molar-refractivity contribution in [3.05, 3.63) is 23.8 Å². The van der Waals surface area contributed by atoms with Crippen molar-refractivity contribution in [3.63, 3.8) is 0 Å². The lowest BCUT2D eigenvalue weighted by atomic mass is 9.77. The summed E-state index contributed by atoms with van der Waals surface area (Å²) >= 11 is 0. The maximum absolute atomic E-state index is 6.05. The first-order chi connectivity index (χ1) is 8.28. The fraction of sp³-hybridized carbons (Fsp3) is 0.571. The summed E-state index contributed by atoms with van der Waals surface area (Å²) in [6.07, 6.45) is 0. The van der Waals surface area contributed by atoms with Gasteiger partial charge in [-0.2, -0.15) is 0 Å². The molecule has 1 heterocycles. The van der Waals surface area contributed by atoms with Crippen molar-refractivity contribution in [1.29, 1.82) is 0 Å². The normalized spacial score (nSPS) is 21.1. The number of hydrogen-bond acceptors (Lipinski definition) is 3. The van der Waals surface area contributed by atoms with Crippen LogP contribution < -0.4 is 10.2 Å². The van der Waals surface area contributed by atoms with E-state index in [2.05, 4.69) is 27.7 Å². The van der Waals surface area contributed by atoms with Crippen molar-refractivity contribution in [1.82, 2.24) is 0 Å². The van der Waals surface area contributed by atoms with E-state index in [0.29, 0.717) is 0 Å². The van der Waals surface area contributed by atoms with Gasteiger partial charge in [0.25, 0.3) is 0 Å². The molecule has 0 bridgehead atoms. The van der Waals surface area contributed by atoms with E-state index in [9.17, 15) is 0 Å². The van der Waals surface area contributed by atoms with Crippen LogP contribution in [0.2, 0.25) is 0 Å². The van der Waals surface area contributed by atoms with Gasteiger partial charge in [0.05, 0.1) is 18.3 Å². The first-order valence-corrected chi connectivity index (χ1v) is 6.27. The molecule has 4 heteroatoms. The van der Waals surface area contributed by atoms with E-state index in [1.807, 2.05) is 25.1 Å². The fourth-order valence-electron chi connectivity index (χ4n) is 2.11. The van der Waals surface area contributed by atoms with E-state index < -0.39 is 0 Å². The highest BCUT2D eigenvalue weighted by Crippen LogP contribution is 2.37. The summed E-state index contributed by atoms with van der Waals surface area (Å²) in [5, 5.41) is 0. The maximum atomic E-state index is 6.05. The summed E-state index contributed by atoms with van der Waals surface area (Å²) in [4.78, 5) is 0. The summed E-state index contributed by atoms with van der Waals surface area (Å²) < 4.78 is 17.6. The van der Waals surface area contributed by atoms with Crippen molar-refractivity contribution in [2.24, 2.45) is 0 Å². The Balaban J connectivity index is 2.38. The van der Waals surface area contributed by atoms with Crippen LogP contribution in [0.5, 0.6) is 5.75 Å². The van der Waals surface area contributed by atoms with Gasteiger partial charge in [-0.15, -0.1) is 0 Å². The molecule has 0 atom stereocenters. The molecule has 1 saturated heterocycles. The lowest BCUT2D eigenvalue weighted by molar-refractivity contribution is 0.00578. The molecule has 0 saturated carbocycles. The average molecular weight is 248 g/mol. The van der Waals surface area contributed by atoms with Crippen LogP contribution in [0.15, 0.2) is 18.2 Å². The second-order valence-corrected chi connectivity index (χ2v) is 5.79. The molecule has 0 unspecified atom stereocenters. The molecule has 2 rings (SSSR count). The van der Waals surface area contributed by atoms with Gasteiger partial charge in [0, 0.05) is 5.46 Å². The molecular formula is C14H21BO3. The zero-order valence-corrected chi connectivity index (χ0v) is 12.0. The Hall–Kier alpha value is -0.995. The Kier molecular flexibility index (Phi) is 3.20. The largest absolute Gasteiger partial charge is 0.498 e. The topological polar surface area (TPSA) is 27.7 Å². The van der Waals surface area contributed by atoms with Crippen molar-refractivity contribution < 1.29 is 14.0 Å². The first-order valence-electron chi connectivity index (χ1n) is 6.27. The monoisotopic (exact) mass is 248 g/mol. The molecule has 0 aromatic heterocycles. The maximum Gasteiger partial charge on any atom is 0.498 e. The minimum Gasteiger partial charge on any atom is -0.497 e. The Morgan fingerprint density at radius 3 is 2.11 bits per heavy atom. The van der Waals surface area contributed by atoms with Gasteiger partial charge in [-0.25, -0.2) is 0 Å². The number of rotatable bonds is 2. The van der Waals surface area contributed by atoms with E-state index >= 15 is 0 Å². The van der Waals surface area contributed by atoms with Gasteiger partial charge in [0.15, 0.2) is 0 Å². The Morgan fingerprint density at radius 2 is 1.61 bits per heavy atom. The van der Waals surface area contributed by atoms with Gasteiger partial charge >= 0.3 is 7.12 Å². The summed E-state index contributed by atoms with van der Waals surface area (Å²) in [5.74, 6) is 0.844. The van der Waals surface area contributed by atoms with E-state index in [1.165, 1.54) is 0 Å². The molecule has 98 valence electrons. The van der Waals surface area contributed by atoms with Crippen molar-refractivity contribution in [2.45, 2.75) is 45.8 Å². The Morgan fingerprint density at radius 1 is 1.06 bits per heavy atom. The predicted octanol–water partition coefficient (Wildman–Crippen LogP) is 2.30. The van der Waals surface area contributed by atoms with Crippen molar-refractivity contribution >= 4 is 12.6 Å². The van der Waals surface area contributed by atoms with E-state index in [4.69, 9.17) is 14.0 Å². The average Bonchev–Trinajstić information content (AvgIpc) is 2.47. The van der Waals surface area contributed by atoms with Gasteiger partial charge in [-0.3, -0.25) is 0 Å². The Labute approximate surface area is 110 Å². The zero-order chi connectivity index (χ0) is 13.6. The second kappa shape index (κ2) is 4.28. The minimum absolute atomic E-state index is 0.327. The number of aryl methyl sites for hydroxylation is 1. The molecule has 0 amide bonds. The summed E-state index contributed by atoms with van der Waals surface area (Å²) in [7, 11) is 1.31. The van der Waals surface area contributed by atoms with Crippen LogP contribution in [0, 0.1) is 6.92 Å². The third-order valence-corrected chi connectivity index (χ3v) is 3.95. The van der Waals surface area contributed by atoms with E-state index in [0.717, 1.165) is 16.8 Å². The lowest BCUT2D eigenvalue weighted by Crippen LogP contribution is -2.41. The molecule has 0 spiro atoms. The third-order valence-electron chi connectivity index (χ3n) is 3.95. The number of ether oxygens (including phenoxy) is 1. The predicted molar refractivity (Wildman–Crippen MR) is 73.4 cm³/mol. The molecule has 3 nitrogen and oxygen atoms in total. The van der Waals surface area contributed by atoms with E-state index in [-0.39, 0.29) is 18.3 Å². The highest BCUT2D eigenvalue weighted by molar-refractivity contribution is 6.63.